The quantitative estimate of drug-likeness (QED) is 0.264. The predicted molar refractivity (Wildman–Crippen MR) is 146 cm³/mol. The first-order valence-electron chi connectivity index (χ1n) is 12.0. The lowest BCUT2D eigenvalue weighted by Gasteiger charge is -2.28. The Morgan fingerprint density at radius 2 is 1.78 bits per heavy atom. The Balaban J connectivity index is 1.34. The van der Waals surface area contributed by atoms with Crippen LogP contribution in [0.15, 0.2) is 71.5 Å². The first-order valence-corrected chi connectivity index (χ1v) is 12.8. The van der Waals surface area contributed by atoms with Crippen LogP contribution in [-0.4, -0.2) is 48.7 Å². The average Bonchev–Trinajstić information content (AvgIpc) is 2.90. The maximum Gasteiger partial charge on any atom is 0.163 e. The fraction of sp³-hybridized carbons (Fsp3) is 0.286. The summed E-state index contributed by atoms with van der Waals surface area (Å²) < 4.78 is 18.7. The normalized spacial score (nSPS) is 14.5. The molecule has 0 radical (unpaired) electrons. The van der Waals surface area contributed by atoms with Gasteiger partial charge in [-0.05, 0) is 91.2 Å². The van der Waals surface area contributed by atoms with Crippen LogP contribution < -0.4 is 19.5 Å². The largest absolute Gasteiger partial charge is 0.493 e. The number of benzene rings is 3. The molecule has 1 aliphatic heterocycles. The number of likely N-dealkylation sites (tertiary alicyclic amines) is 1. The molecule has 1 aromatic heterocycles. The fourth-order valence-electron chi connectivity index (χ4n) is 4.29. The van der Waals surface area contributed by atoms with E-state index in [4.69, 9.17) is 14.2 Å². The van der Waals surface area contributed by atoms with Gasteiger partial charge < -0.3 is 24.4 Å². The summed E-state index contributed by atoms with van der Waals surface area (Å²) in [5.74, 6) is 4.12. The molecule has 7 nitrogen and oxygen atoms in total. The Bertz CT molecular complexity index is 1330. The number of methoxy groups -OCH3 is 1. The van der Waals surface area contributed by atoms with Crippen molar-refractivity contribution in [3.8, 4) is 23.0 Å². The number of piperidine rings is 1. The number of ether oxygens (including phenoxy) is 3. The predicted octanol–water partition coefficient (Wildman–Crippen LogP) is 6.66. The van der Waals surface area contributed by atoms with Gasteiger partial charge in [-0.2, -0.15) is 0 Å². The van der Waals surface area contributed by atoms with Crippen LogP contribution in [0.4, 0.5) is 11.5 Å². The van der Waals surface area contributed by atoms with Crippen molar-refractivity contribution in [1.29, 1.82) is 0 Å². The van der Waals surface area contributed by atoms with E-state index in [1.165, 1.54) is 0 Å². The van der Waals surface area contributed by atoms with Crippen molar-refractivity contribution in [3.63, 3.8) is 0 Å². The lowest BCUT2D eigenvalue weighted by molar-refractivity contribution is 0.157. The number of hydrogen-bond donors (Lipinski definition) is 1. The molecular weight excluding hydrogens is 520 g/mol. The topological polar surface area (TPSA) is 68.7 Å². The van der Waals surface area contributed by atoms with E-state index in [2.05, 4.69) is 43.2 Å². The van der Waals surface area contributed by atoms with E-state index in [1.807, 2.05) is 60.7 Å². The van der Waals surface area contributed by atoms with Gasteiger partial charge >= 0.3 is 0 Å². The first kappa shape index (κ1) is 24.3. The third kappa shape index (κ3) is 5.71. The van der Waals surface area contributed by atoms with Crippen LogP contribution in [0.25, 0.3) is 10.9 Å². The second-order valence-electron chi connectivity index (χ2n) is 8.99. The Hall–Kier alpha value is -3.36. The van der Waals surface area contributed by atoms with Crippen molar-refractivity contribution in [2.75, 3.05) is 39.2 Å². The van der Waals surface area contributed by atoms with E-state index < -0.39 is 0 Å². The number of hydrogen-bond acceptors (Lipinski definition) is 7. The fourth-order valence-corrected chi connectivity index (χ4v) is 4.75. The monoisotopic (exact) mass is 548 g/mol. The van der Waals surface area contributed by atoms with Crippen molar-refractivity contribution in [3.05, 3.63) is 71.5 Å². The number of aromatic nitrogens is 2. The lowest BCUT2D eigenvalue weighted by atomic mass is 9.98. The first-order chi connectivity index (χ1) is 17.6. The number of nitrogens with zero attached hydrogens (tertiary/aromatic N) is 3. The molecule has 1 saturated heterocycles. The van der Waals surface area contributed by atoms with E-state index in [0.717, 1.165) is 58.5 Å². The van der Waals surface area contributed by atoms with Crippen LogP contribution in [0, 0.1) is 5.92 Å². The number of para-hydroxylation sites is 1. The summed E-state index contributed by atoms with van der Waals surface area (Å²) in [6, 6.07) is 19.4. The maximum atomic E-state index is 6.20. The number of halogens is 1. The van der Waals surface area contributed by atoms with E-state index in [0.29, 0.717) is 29.8 Å². The van der Waals surface area contributed by atoms with E-state index in [-0.39, 0.29) is 0 Å². The van der Waals surface area contributed by atoms with Crippen LogP contribution >= 0.6 is 15.9 Å². The molecule has 4 aromatic rings. The molecule has 0 bridgehead atoms. The van der Waals surface area contributed by atoms with Gasteiger partial charge in [-0.25, -0.2) is 9.97 Å². The highest BCUT2D eigenvalue weighted by molar-refractivity contribution is 9.10. The van der Waals surface area contributed by atoms with Gasteiger partial charge in [0.2, 0.25) is 0 Å². The number of anilines is 2. The molecule has 0 saturated carbocycles. The number of rotatable bonds is 8. The van der Waals surface area contributed by atoms with E-state index in [1.54, 1.807) is 13.4 Å². The summed E-state index contributed by atoms with van der Waals surface area (Å²) in [4.78, 5) is 11.3. The van der Waals surface area contributed by atoms with Gasteiger partial charge in [-0.3, -0.25) is 0 Å². The van der Waals surface area contributed by atoms with Gasteiger partial charge in [-0.1, -0.05) is 18.2 Å². The van der Waals surface area contributed by atoms with Gasteiger partial charge in [0.1, 0.15) is 23.6 Å². The summed E-state index contributed by atoms with van der Waals surface area (Å²) in [7, 11) is 3.82. The molecule has 0 atom stereocenters. The van der Waals surface area contributed by atoms with Crippen molar-refractivity contribution in [1.82, 2.24) is 14.9 Å². The van der Waals surface area contributed by atoms with Crippen molar-refractivity contribution in [2.24, 2.45) is 5.92 Å². The average molecular weight is 549 g/mol. The van der Waals surface area contributed by atoms with Gasteiger partial charge in [0.15, 0.2) is 11.5 Å². The van der Waals surface area contributed by atoms with Gasteiger partial charge in [0.25, 0.3) is 0 Å². The van der Waals surface area contributed by atoms with Crippen molar-refractivity contribution < 1.29 is 14.2 Å². The minimum absolute atomic E-state index is 0.552. The minimum Gasteiger partial charge on any atom is -0.493 e. The lowest BCUT2D eigenvalue weighted by Crippen LogP contribution is -2.32. The van der Waals surface area contributed by atoms with Crippen molar-refractivity contribution >= 4 is 38.3 Å². The van der Waals surface area contributed by atoms with Crippen LogP contribution in [0.3, 0.4) is 0 Å². The summed E-state index contributed by atoms with van der Waals surface area (Å²) in [6.45, 7) is 2.90. The highest BCUT2D eigenvalue weighted by atomic mass is 79.9. The van der Waals surface area contributed by atoms with Crippen LogP contribution in [-0.2, 0) is 0 Å². The van der Waals surface area contributed by atoms with Crippen LogP contribution in [0.2, 0.25) is 0 Å². The highest BCUT2D eigenvalue weighted by Crippen LogP contribution is 2.37. The smallest absolute Gasteiger partial charge is 0.163 e. The zero-order chi connectivity index (χ0) is 24.9. The Morgan fingerprint density at radius 3 is 2.53 bits per heavy atom. The summed E-state index contributed by atoms with van der Waals surface area (Å²) in [5.41, 5.74) is 1.65. The third-order valence-corrected chi connectivity index (χ3v) is 7.02. The SMILES string of the molecule is COc1cc2c(Nc3ccc(Oc4ccccc4)c(Br)c3)ncnc2cc1OCC1CCN(C)CC1. The molecule has 36 heavy (non-hydrogen) atoms. The van der Waals surface area contributed by atoms with Crippen LogP contribution in [0.5, 0.6) is 23.0 Å². The molecular formula is C28H29BrN4O3. The molecule has 8 heteroatoms. The van der Waals surface area contributed by atoms with Gasteiger partial charge in [0.05, 0.1) is 23.7 Å². The second-order valence-corrected chi connectivity index (χ2v) is 9.84. The Labute approximate surface area is 219 Å². The second kappa shape index (κ2) is 11.1. The molecule has 0 aliphatic carbocycles. The van der Waals surface area contributed by atoms with Gasteiger partial charge in [-0.15, -0.1) is 0 Å². The molecule has 0 unspecified atom stereocenters. The Kier molecular flexibility index (Phi) is 7.53. The maximum absolute atomic E-state index is 6.20. The molecule has 2 heterocycles. The molecule has 186 valence electrons. The molecule has 3 aromatic carbocycles. The Morgan fingerprint density at radius 1 is 0.972 bits per heavy atom. The molecule has 5 rings (SSSR count). The summed E-state index contributed by atoms with van der Waals surface area (Å²) >= 11 is 3.62. The standard InChI is InChI=1S/C28H29BrN4O3/c1-33-12-10-19(11-13-33)17-35-27-16-24-22(15-26(27)34-2)28(31-18-30-24)32-20-8-9-25(23(29)14-20)36-21-6-4-3-5-7-21/h3-9,14-16,18-19H,10-13,17H2,1-2H3,(H,30,31,32). The summed E-state index contributed by atoms with van der Waals surface area (Å²) in [6.07, 6.45) is 3.85. The van der Waals surface area contributed by atoms with Crippen molar-refractivity contribution in [2.45, 2.75) is 12.8 Å². The zero-order valence-electron chi connectivity index (χ0n) is 20.4. The molecule has 1 N–H and O–H groups in total. The number of nitrogens with one attached hydrogen (secondary N) is 1. The highest BCUT2D eigenvalue weighted by Gasteiger charge is 2.19. The van der Waals surface area contributed by atoms with E-state index in [9.17, 15) is 0 Å². The molecule has 1 aliphatic rings. The van der Waals surface area contributed by atoms with Crippen LogP contribution in [0.1, 0.15) is 12.8 Å². The minimum atomic E-state index is 0.552. The third-order valence-electron chi connectivity index (χ3n) is 6.40. The molecule has 1 fully saturated rings. The molecule has 0 spiro atoms. The molecule has 0 amide bonds. The van der Waals surface area contributed by atoms with E-state index >= 15 is 0 Å². The van der Waals surface area contributed by atoms with Gasteiger partial charge in [0, 0.05) is 17.1 Å². The summed E-state index contributed by atoms with van der Waals surface area (Å²) in [5, 5.41) is 4.25. The zero-order valence-corrected chi connectivity index (χ0v) is 22.0. The number of fused-ring (bicyclic) bond motifs is 1.